The molecule has 0 radical (unpaired) electrons. The van der Waals surface area contributed by atoms with Crippen LogP contribution in [-0.2, 0) is 16.0 Å². The maximum absolute atomic E-state index is 11.6. The minimum Gasteiger partial charge on any atom is -0.481 e. The highest BCUT2D eigenvalue weighted by Crippen LogP contribution is 2.38. The smallest absolute Gasteiger partial charge is 0.303 e. The molecule has 0 atom stereocenters. The number of carboxylic acid groups (broad SMARTS) is 2. The fourth-order valence-electron chi connectivity index (χ4n) is 6.04. The highest BCUT2D eigenvalue weighted by Gasteiger charge is 2.22. The van der Waals surface area contributed by atoms with Gasteiger partial charge in [-0.25, -0.2) is 9.97 Å². The van der Waals surface area contributed by atoms with E-state index in [4.69, 9.17) is 9.97 Å². The van der Waals surface area contributed by atoms with E-state index in [1.807, 2.05) is 51.1 Å². The minimum absolute atomic E-state index is 0.0363. The lowest BCUT2D eigenvalue weighted by atomic mass is 9.98. The Kier molecular flexibility index (Phi) is 8.04. The first-order chi connectivity index (χ1) is 20.6. The number of aryl methyl sites for hydroxylation is 2. The highest BCUT2D eigenvalue weighted by atomic mass is 16.4. The quantitative estimate of drug-likeness (QED) is 0.204. The average molecular weight is 577 g/mol. The summed E-state index contributed by atoms with van der Waals surface area (Å²) >= 11 is 0. The van der Waals surface area contributed by atoms with Crippen molar-refractivity contribution in [1.29, 1.82) is 0 Å². The van der Waals surface area contributed by atoms with Gasteiger partial charge in [-0.05, 0) is 97.7 Å². The molecule has 5 heterocycles. The number of rotatable bonds is 9. The van der Waals surface area contributed by atoms with Gasteiger partial charge in [0, 0.05) is 46.0 Å². The Labute approximate surface area is 250 Å². The Morgan fingerprint density at radius 2 is 1.21 bits per heavy atom. The second kappa shape index (κ2) is 11.7. The van der Waals surface area contributed by atoms with Gasteiger partial charge in [-0.3, -0.25) is 9.59 Å². The lowest BCUT2D eigenvalue weighted by Crippen LogP contribution is -1.97. The van der Waals surface area contributed by atoms with Crippen molar-refractivity contribution < 1.29 is 19.8 Å². The first-order valence-corrected chi connectivity index (χ1v) is 14.4. The number of nitrogens with one attached hydrogen (secondary N) is 2. The molecule has 0 unspecified atom stereocenters. The average Bonchev–Trinajstić information content (AvgIpc) is 3.63. The molecule has 43 heavy (non-hydrogen) atoms. The van der Waals surface area contributed by atoms with E-state index in [1.54, 1.807) is 0 Å². The van der Waals surface area contributed by atoms with Crippen LogP contribution < -0.4 is 0 Å². The molecule has 8 nitrogen and oxygen atoms in total. The topological polar surface area (TPSA) is 132 Å². The number of aromatic amines is 2. The molecule has 3 aromatic heterocycles. The van der Waals surface area contributed by atoms with Gasteiger partial charge < -0.3 is 20.2 Å². The van der Waals surface area contributed by atoms with Gasteiger partial charge in [0.15, 0.2) is 0 Å². The second-order valence-corrected chi connectivity index (χ2v) is 10.9. The highest BCUT2D eigenvalue weighted by molar-refractivity contribution is 5.97. The van der Waals surface area contributed by atoms with Crippen LogP contribution in [0.15, 0.2) is 37.4 Å². The fraction of sp³-hybridized carbons (Fsp3) is 0.257. The van der Waals surface area contributed by atoms with Crippen LogP contribution in [0.2, 0.25) is 0 Å². The Morgan fingerprint density at radius 1 is 0.721 bits per heavy atom. The van der Waals surface area contributed by atoms with E-state index < -0.39 is 11.9 Å². The van der Waals surface area contributed by atoms with Crippen molar-refractivity contribution in [2.24, 2.45) is 0 Å². The molecular formula is C35H36N4O4. The van der Waals surface area contributed by atoms with E-state index in [2.05, 4.69) is 36.1 Å². The van der Waals surface area contributed by atoms with E-state index >= 15 is 0 Å². The molecule has 0 saturated heterocycles. The van der Waals surface area contributed by atoms with Crippen molar-refractivity contribution in [1.82, 2.24) is 19.9 Å². The third kappa shape index (κ3) is 5.48. The monoisotopic (exact) mass is 576 g/mol. The molecule has 8 bridgehead atoms. The number of fused-ring (bicyclic) bond motifs is 8. The van der Waals surface area contributed by atoms with E-state index in [0.29, 0.717) is 24.2 Å². The van der Waals surface area contributed by atoms with Crippen LogP contribution in [0.5, 0.6) is 0 Å². The minimum atomic E-state index is -0.887. The predicted octanol–water partition coefficient (Wildman–Crippen LogP) is 8.06. The first-order valence-electron chi connectivity index (χ1n) is 14.4. The van der Waals surface area contributed by atoms with Gasteiger partial charge in [-0.1, -0.05) is 32.2 Å². The van der Waals surface area contributed by atoms with Gasteiger partial charge in [0.25, 0.3) is 0 Å². The third-order valence-corrected chi connectivity index (χ3v) is 8.41. The van der Waals surface area contributed by atoms with Crippen LogP contribution in [0.4, 0.5) is 0 Å². The van der Waals surface area contributed by atoms with Crippen molar-refractivity contribution in [3.05, 3.63) is 82.5 Å². The van der Waals surface area contributed by atoms with Crippen molar-refractivity contribution in [2.45, 2.75) is 59.8 Å². The zero-order chi connectivity index (χ0) is 31.0. The van der Waals surface area contributed by atoms with Crippen molar-refractivity contribution >= 4 is 68.4 Å². The van der Waals surface area contributed by atoms with Crippen LogP contribution in [0.3, 0.4) is 0 Å². The molecule has 0 aliphatic carbocycles. The number of aromatic nitrogens is 4. The molecule has 2 aliphatic rings. The standard InChI is InChI=1S/C35H36N4O4/c1-7-21-18(4)26-14-27-19(5)24(10-12-34(40)41)32(37-27)17-33-25(11-13-35(42)43)20(6)28(38-33)15-30-22(8-2)23(9-3)31(39-30)16-29(21)36-26/h7-8,14-17,36,39H,1-2,9-13H2,3-6H3,(H,40,41)(H,42,43). The number of carbonyl (C=O) groups is 2. The first kappa shape index (κ1) is 29.5. The molecule has 0 fully saturated rings. The number of allylic oxidation sites excluding steroid dienone is 4. The molecule has 0 spiro atoms. The molecule has 0 amide bonds. The summed E-state index contributed by atoms with van der Waals surface area (Å²) in [5.74, 6) is -1.77. The van der Waals surface area contributed by atoms with Crippen molar-refractivity contribution in [3.63, 3.8) is 0 Å². The van der Waals surface area contributed by atoms with Crippen LogP contribution in [0.25, 0.3) is 56.5 Å². The lowest BCUT2D eigenvalue weighted by Gasteiger charge is -2.05. The van der Waals surface area contributed by atoms with Crippen LogP contribution in [0.1, 0.15) is 91.5 Å². The molecule has 8 heteroatoms. The largest absolute Gasteiger partial charge is 0.481 e. The lowest BCUT2D eigenvalue weighted by molar-refractivity contribution is -0.137. The van der Waals surface area contributed by atoms with Gasteiger partial charge >= 0.3 is 11.9 Å². The molecule has 0 saturated carbocycles. The van der Waals surface area contributed by atoms with E-state index in [9.17, 15) is 19.8 Å². The Hall–Kier alpha value is -4.98. The van der Waals surface area contributed by atoms with Gasteiger partial charge in [-0.15, -0.1) is 0 Å². The number of carboxylic acids is 2. The van der Waals surface area contributed by atoms with Gasteiger partial charge in [0.1, 0.15) is 0 Å². The van der Waals surface area contributed by atoms with Crippen LogP contribution >= 0.6 is 0 Å². The van der Waals surface area contributed by atoms with Crippen molar-refractivity contribution in [3.8, 4) is 0 Å². The van der Waals surface area contributed by atoms with Crippen LogP contribution in [-0.4, -0.2) is 42.1 Å². The van der Waals surface area contributed by atoms with Crippen LogP contribution in [0, 0.1) is 6.92 Å². The fourth-order valence-corrected chi connectivity index (χ4v) is 6.04. The summed E-state index contributed by atoms with van der Waals surface area (Å²) in [5.41, 5.74) is 13.9. The summed E-state index contributed by atoms with van der Waals surface area (Å²) in [5, 5.41) is 18.9. The summed E-state index contributed by atoms with van der Waals surface area (Å²) < 4.78 is 0. The van der Waals surface area contributed by atoms with Gasteiger partial charge in [0.2, 0.25) is 0 Å². The number of hydrogen-bond donors (Lipinski definition) is 4. The van der Waals surface area contributed by atoms with E-state index in [1.165, 1.54) is 0 Å². The molecule has 220 valence electrons. The Morgan fingerprint density at radius 3 is 1.70 bits per heavy atom. The summed E-state index contributed by atoms with van der Waals surface area (Å²) in [6, 6.07) is 7.95. The summed E-state index contributed by atoms with van der Waals surface area (Å²) in [7, 11) is 0. The normalized spacial score (nSPS) is 13.0. The van der Waals surface area contributed by atoms with Gasteiger partial charge in [0.05, 0.1) is 22.8 Å². The summed E-state index contributed by atoms with van der Waals surface area (Å²) in [6.45, 7) is 16.2. The summed E-state index contributed by atoms with van der Waals surface area (Å²) in [6.07, 6.45) is 5.03. The SMILES string of the molecule is C=Cc1c(C)c2cc3nc(cc4nc(cc5[nH]c(cc1[nH]2)c(CC)c5C=C)C(C)=C4CCC(=O)O)C(CCC(=O)O)=C3C. The maximum atomic E-state index is 11.6. The number of H-pyrrole nitrogens is 2. The number of hydrogen-bond acceptors (Lipinski definition) is 4. The molecule has 2 aliphatic heterocycles. The van der Waals surface area contributed by atoms with Crippen molar-refractivity contribution in [2.75, 3.05) is 0 Å². The molecule has 0 aromatic carbocycles. The predicted molar refractivity (Wildman–Crippen MR) is 174 cm³/mol. The number of aliphatic carboxylic acids is 2. The van der Waals surface area contributed by atoms with E-state index in [0.717, 1.165) is 84.4 Å². The zero-order valence-electron chi connectivity index (χ0n) is 25.0. The molecule has 4 N–H and O–H groups in total. The van der Waals surface area contributed by atoms with Gasteiger partial charge in [-0.2, -0.15) is 0 Å². The third-order valence-electron chi connectivity index (χ3n) is 8.41. The molecule has 3 aromatic rings. The number of nitrogens with zero attached hydrogens (tertiary/aromatic N) is 2. The molecular weight excluding hydrogens is 540 g/mol. The Bertz CT molecular complexity index is 1930. The van der Waals surface area contributed by atoms with E-state index in [-0.39, 0.29) is 12.8 Å². The summed E-state index contributed by atoms with van der Waals surface area (Å²) in [4.78, 5) is 40.2. The Balaban J connectivity index is 1.95. The molecule has 5 rings (SSSR count). The zero-order valence-corrected chi connectivity index (χ0v) is 25.0. The maximum Gasteiger partial charge on any atom is 0.303 e. The second-order valence-electron chi connectivity index (χ2n) is 10.9.